The van der Waals surface area contributed by atoms with E-state index in [1.807, 2.05) is 0 Å². The van der Waals surface area contributed by atoms with Gasteiger partial charge in [0.2, 0.25) is 0 Å². The largest absolute Gasteiger partial charge is 0.491 e. The van der Waals surface area contributed by atoms with E-state index in [0.717, 1.165) is 0 Å². The van der Waals surface area contributed by atoms with E-state index in [2.05, 4.69) is 38.1 Å². The molecule has 60 valence electrons. The molecule has 0 saturated carbocycles. The van der Waals surface area contributed by atoms with Crippen molar-refractivity contribution in [3.8, 4) is 0 Å². The molecule has 1 aromatic rings. The van der Waals surface area contributed by atoms with Crippen LogP contribution in [0.25, 0.3) is 0 Å². The Kier molecular flexibility index (Phi) is 5.63. The maximum absolute atomic E-state index is 8.51. The van der Waals surface area contributed by atoms with Crippen molar-refractivity contribution in [2.45, 2.75) is 13.8 Å². The molecule has 0 heterocycles. The van der Waals surface area contributed by atoms with Crippen LogP contribution in [0.3, 0.4) is 0 Å². The van der Waals surface area contributed by atoms with Crippen LogP contribution in [0.15, 0.2) is 24.3 Å². The summed E-state index contributed by atoms with van der Waals surface area (Å²) in [6.07, 6.45) is 0. The summed E-state index contributed by atoms with van der Waals surface area (Å²) in [5.41, 5.74) is 2.74. The predicted molar refractivity (Wildman–Crippen MR) is 47.1 cm³/mol. The monoisotopic (exact) mass is 171 g/mol. The van der Waals surface area contributed by atoms with Gasteiger partial charge in [0, 0.05) is 0 Å². The zero-order valence-corrected chi connectivity index (χ0v) is 7.66. The lowest BCUT2D eigenvalue weighted by Gasteiger charge is -1.93. The average Bonchev–Trinajstić information content (AvgIpc) is 1.97. The number of rotatable bonds is 0. The summed E-state index contributed by atoms with van der Waals surface area (Å²) in [5.74, 6) is 0. The molecule has 0 bridgehead atoms. The van der Waals surface area contributed by atoms with Crippen molar-refractivity contribution in [3.63, 3.8) is 0 Å². The summed E-state index contributed by atoms with van der Waals surface area (Å²) >= 11 is 0. The van der Waals surface area contributed by atoms with Crippen LogP contribution in [0.5, 0.6) is 0 Å². The summed E-state index contributed by atoms with van der Waals surface area (Å²) in [5, 5.41) is 0. The van der Waals surface area contributed by atoms with E-state index in [9.17, 15) is 0 Å². The normalized spacial score (nSPS) is 8.64. The van der Waals surface area contributed by atoms with E-state index in [0.29, 0.717) is 0 Å². The van der Waals surface area contributed by atoms with Gasteiger partial charge in [-0.2, -0.15) is 4.89 Å². The van der Waals surface area contributed by atoms with Gasteiger partial charge < -0.3 is 0 Å². The molecule has 0 radical (unpaired) electrons. The fraction of sp³-hybridized carbons (Fsp3) is 0.250. The van der Waals surface area contributed by atoms with Gasteiger partial charge in [-0.1, -0.05) is 24.3 Å². The summed E-state index contributed by atoms with van der Waals surface area (Å²) in [4.78, 5) is 7.04. The summed E-state index contributed by atoms with van der Waals surface area (Å²) in [7, 11) is -1.17. The van der Waals surface area contributed by atoms with Crippen molar-refractivity contribution in [1.29, 1.82) is 0 Å². The molecule has 0 amide bonds. The lowest BCUT2D eigenvalue weighted by atomic mass is 10.1. The number of aryl methyl sites for hydroxylation is 2. The van der Waals surface area contributed by atoms with E-state index in [-0.39, 0.29) is 0 Å². The van der Waals surface area contributed by atoms with Gasteiger partial charge in [0.25, 0.3) is 0 Å². The summed E-state index contributed by atoms with van der Waals surface area (Å²) in [6.45, 7) is 4.24. The van der Waals surface area contributed by atoms with Gasteiger partial charge in [0.05, 0.1) is 0 Å². The van der Waals surface area contributed by atoms with Gasteiger partial charge in [0.1, 0.15) is 0 Å². The van der Waals surface area contributed by atoms with Crippen LogP contribution in [0.2, 0.25) is 0 Å². The highest BCUT2D eigenvalue weighted by molar-refractivity contribution is 7.16. The Labute approximate surface area is 68.2 Å². The minimum absolute atomic E-state index is 1.17. The fourth-order valence-corrected chi connectivity index (χ4v) is 0.663. The van der Waals surface area contributed by atoms with E-state index < -0.39 is 8.69 Å². The van der Waals surface area contributed by atoms with Crippen molar-refractivity contribution in [2.75, 3.05) is 0 Å². The highest BCUT2D eigenvalue weighted by Crippen LogP contribution is 2.02. The first-order valence-corrected chi connectivity index (χ1v) is 4.11. The number of hydrogen-bond acceptors (Lipinski definition) is 1. The molecule has 0 fully saturated rings. The molecule has 1 N–H and O–H groups in total. The molecule has 11 heavy (non-hydrogen) atoms. The van der Waals surface area contributed by atoms with Gasteiger partial charge in [-0.05, 0) is 29.5 Å². The predicted octanol–water partition coefficient (Wildman–Crippen LogP) is 2.22. The number of hydrogen-bond donors (Lipinski definition) is 1. The maximum atomic E-state index is 8.51. The molecule has 0 aliphatic rings. The average molecular weight is 171 g/mol. The molecule has 3 heteroatoms. The fourth-order valence-electron chi connectivity index (χ4n) is 0.663. The van der Waals surface area contributed by atoms with Crippen LogP contribution in [0, 0.1) is 13.8 Å². The molecule has 0 spiro atoms. The third kappa shape index (κ3) is 4.65. The van der Waals surface area contributed by atoms with Crippen molar-refractivity contribution < 1.29 is 9.46 Å². The second-order valence-electron chi connectivity index (χ2n) is 2.18. The molecule has 2 nitrogen and oxygen atoms in total. The highest BCUT2D eigenvalue weighted by atomic mass is 31.1. The van der Waals surface area contributed by atoms with Crippen LogP contribution >= 0.6 is 8.69 Å². The lowest BCUT2D eigenvalue weighted by Crippen LogP contribution is -1.74. The molecule has 0 aliphatic carbocycles. The Hall–Kier alpha value is -0.720. The first-order valence-electron chi connectivity index (χ1n) is 3.26. The molecule has 1 rings (SSSR count). The van der Waals surface area contributed by atoms with Gasteiger partial charge in [0.15, 0.2) is 0 Å². The Balaban J connectivity index is 0.000000292. The quantitative estimate of drug-likeness (QED) is 0.607. The molecule has 0 aliphatic heterocycles. The smallest absolute Gasteiger partial charge is 0.162 e. The van der Waals surface area contributed by atoms with Gasteiger partial charge in [-0.25, -0.2) is 0 Å². The number of benzene rings is 1. The Morgan fingerprint density at radius 3 is 1.64 bits per heavy atom. The standard InChI is InChI=1S/C8H10.HO2P/c1-7-5-3-4-6-8(7)2;1-3-2/h3-6H,1-2H3;3H/p+1. The second-order valence-corrected chi connectivity index (χ2v) is 2.36. The highest BCUT2D eigenvalue weighted by Gasteiger charge is 1.83. The van der Waals surface area contributed by atoms with Crippen LogP contribution < -0.4 is 0 Å². The zero-order valence-electron chi connectivity index (χ0n) is 6.66. The van der Waals surface area contributed by atoms with E-state index >= 15 is 0 Å². The molecule has 0 aromatic heterocycles. The van der Waals surface area contributed by atoms with E-state index in [1.54, 1.807) is 0 Å². The van der Waals surface area contributed by atoms with Crippen molar-refractivity contribution in [1.82, 2.24) is 0 Å². The molecule has 1 aromatic carbocycles. The molecule has 0 saturated heterocycles. The molecule has 1 unspecified atom stereocenters. The SMILES string of the molecule is Cc1ccccc1C.O=[PH+]O. The molecule has 1 atom stereocenters. The summed E-state index contributed by atoms with van der Waals surface area (Å²) < 4.78 is 8.51. The van der Waals surface area contributed by atoms with Crippen LogP contribution in [-0.4, -0.2) is 4.89 Å². The maximum Gasteiger partial charge on any atom is 0.491 e. The van der Waals surface area contributed by atoms with Gasteiger partial charge in [-0.15, -0.1) is 0 Å². The van der Waals surface area contributed by atoms with E-state index in [4.69, 9.17) is 9.46 Å². The molecular weight excluding hydrogens is 159 g/mol. The lowest BCUT2D eigenvalue weighted by molar-refractivity contribution is 0.524. The zero-order chi connectivity index (χ0) is 8.69. The van der Waals surface area contributed by atoms with Crippen LogP contribution in [-0.2, 0) is 4.57 Å². The first kappa shape index (κ1) is 10.3. The van der Waals surface area contributed by atoms with Gasteiger partial charge >= 0.3 is 8.69 Å². The van der Waals surface area contributed by atoms with Crippen molar-refractivity contribution >= 4 is 8.69 Å². The van der Waals surface area contributed by atoms with Crippen molar-refractivity contribution in [2.24, 2.45) is 0 Å². The van der Waals surface area contributed by atoms with E-state index in [1.165, 1.54) is 11.1 Å². The van der Waals surface area contributed by atoms with Gasteiger partial charge in [-0.3, -0.25) is 0 Å². The summed E-state index contributed by atoms with van der Waals surface area (Å²) in [6, 6.07) is 8.36. The second kappa shape index (κ2) is 6.02. The molecular formula is C8H12O2P+. The third-order valence-electron chi connectivity index (χ3n) is 1.43. The minimum atomic E-state index is -1.17. The van der Waals surface area contributed by atoms with Crippen molar-refractivity contribution in [3.05, 3.63) is 35.4 Å². The minimum Gasteiger partial charge on any atom is -0.162 e. The topological polar surface area (TPSA) is 37.3 Å². The third-order valence-corrected chi connectivity index (χ3v) is 1.43. The Bertz CT molecular complexity index is 202. The Morgan fingerprint density at radius 2 is 1.45 bits per heavy atom. The van der Waals surface area contributed by atoms with Crippen LogP contribution in [0.4, 0.5) is 0 Å². The van der Waals surface area contributed by atoms with Crippen LogP contribution in [0.1, 0.15) is 11.1 Å². The Morgan fingerprint density at radius 1 is 1.18 bits per heavy atom. The first-order chi connectivity index (χ1) is 5.22.